The topological polar surface area (TPSA) is 54.9 Å². The van der Waals surface area contributed by atoms with Crippen LogP contribution in [0.4, 0.5) is 5.69 Å². The van der Waals surface area contributed by atoms with Gasteiger partial charge in [0.05, 0.1) is 5.69 Å². The van der Waals surface area contributed by atoms with Gasteiger partial charge in [-0.2, -0.15) is 0 Å². The van der Waals surface area contributed by atoms with Gasteiger partial charge in [-0.1, -0.05) is 25.1 Å². The second-order valence-electron chi connectivity index (χ2n) is 5.59. The van der Waals surface area contributed by atoms with E-state index in [1.54, 1.807) is 12.4 Å². The number of aromatic nitrogens is 2. The van der Waals surface area contributed by atoms with Crippen LogP contribution in [0.25, 0.3) is 10.6 Å². The number of nitrogens with one attached hydrogen (secondary N) is 1. The molecule has 0 radical (unpaired) electrons. The Morgan fingerprint density at radius 3 is 2.75 bits per heavy atom. The largest absolute Gasteiger partial charge is 0.321 e. The molecule has 0 atom stereocenters. The number of amides is 1. The van der Waals surface area contributed by atoms with Crippen LogP contribution >= 0.6 is 11.3 Å². The Kier molecular flexibility index (Phi) is 4.71. The first-order chi connectivity index (χ1) is 11.6. The number of hydrogen-bond donors (Lipinski definition) is 1. The van der Waals surface area contributed by atoms with E-state index in [0.29, 0.717) is 4.88 Å². The molecule has 0 aliphatic carbocycles. The molecular weight excluding hydrogens is 318 g/mol. The van der Waals surface area contributed by atoms with Crippen molar-refractivity contribution >= 4 is 22.9 Å². The third-order valence-electron chi connectivity index (χ3n) is 3.89. The van der Waals surface area contributed by atoms with E-state index >= 15 is 0 Å². The summed E-state index contributed by atoms with van der Waals surface area (Å²) < 4.78 is 0. The first-order valence-electron chi connectivity index (χ1n) is 7.87. The zero-order valence-corrected chi connectivity index (χ0v) is 14.8. The van der Waals surface area contributed by atoms with Gasteiger partial charge in [0.15, 0.2) is 0 Å². The summed E-state index contributed by atoms with van der Waals surface area (Å²) in [4.78, 5) is 22.0. The van der Waals surface area contributed by atoms with Gasteiger partial charge in [-0.15, -0.1) is 11.3 Å². The second kappa shape index (κ2) is 6.93. The average molecular weight is 337 g/mol. The van der Waals surface area contributed by atoms with Crippen LogP contribution < -0.4 is 5.32 Å². The molecule has 0 saturated heterocycles. The average Bonchev–Trinajstić information content (AvgIpc) is 2.99. The first kappa shape index (κ1) is 16.3. The van der Waals surface area contributed by atoms with E-state index in [-0.39, 0.29) is 5.91 Å². The maximum atomic E-state index is 12.7. The molecule has 0 aliphatic heterocycles. The SMILES string of the molecule is CCc1cccc(C)c1NC(=O)c1sc(-c2cccnc2)nc1C. The summed E-state index contributed by atoms with van der Waals surface area (Å²) in [5, 5.41) is 3.88. The van der Waals surface area contributed by atoms with Crippen LogP contribution in [0.2, 0.25) is 0 Å². The maximum Gasteiger partial charge on any atom is 0.267 e. The highest BCUT2D eigenvalue weighted by molar-refractivity contribution is 7.17. The smallest absolute Gasteiger partial charge is 0.267 e. The van der Waals surface area contributed by atoms with Gasteiger partial charge in [0, 0.05) is 23.6 Å². The molecule has 3 aromatic rings. The number of rotatable bonds is 4. The Morgan fingerprint density at radius 1 is 1.21 bits per heavy atom. The zero-order valence-electron chi connectivity index (χ0n) is 14.0. The number of thiazole rings is 1. The molecule has 122 valence electrons. The molecule has 5 heteroatoms. The summed E-state index contributed by atoms with van der Waals surface area (Å²) in [5.41, 5.74) is 4.77. The molecule has 2 aromatic heterocycles. The highest BCUT2D eigenvalue weighted by Gasteiger charge is 2.18. The van der Waals surface area contributed by atoms with E-state index in [2.05, 4.69) is 22.2 Å². The molecule has 3 rings (SSSR count). The van der Waals surface area contributed by atoms with Crippen LogP contribution in [0, 0.1) is 13.8 Å². The normalized spacial score (nSPS) is 10.6. The number of benzene rings is 1. The summed E-state index contributed by atoms with van der Waals surface area (Å²) in [5.74, 6) is -0.107. The molecule has 24 heavy (non-hydrogen) atoms. The summed E-state index contributed by atoms with van der Waals surface area (Å²) >= 11 is 1.40. The molecule has 1 aromatic carbocycles. The lowest BCUT2D eigenvalue weighted by molar-refractivity contribution is 0.102. The van der Waals surface area contributed by atoms with Crippen molar-refractivity contribution in [2.24, 2.45) is 0 Å². The monoisotopic (exact) mass is 337 g/mol. The molecule has 0 aliphatic rings. The van der Waals surface area contributed by atoms with Crippen molar-refractivity contribution in [2.75, 3.05) is 5.32 Å². The lowest BCUT2D eigenvalue weighted by Crippen LogP contribution is -2.14. The van der Waals surface area contributed by atoms with Crippen LogP contribution in [0.3, 0.4) is 0 Å². The predicted octanol–water partition coefficient (Wildman–Crippen LogP) is 4.64. The molecule has 1 amide bonds. The minimum absolute atomic E-state index is 0.107. The molecule has 1 N–H and O–H groups in total. The van der Waals surface area contributed by atoms with Crippen LogP contribution in [0.5, 0.6) is 0 Å². The van der Waals surface area contributed by atoms with Gasteiger partial charge in [0.2, 0.25) is 0 Å². The predicted molar refractivity (Wildman–Crippen MR) is 98.6 cm³/mol. The van der Waals surface area contributed by atoms with Crippen molar-refractivity contribution in [1.29, 1.82) is 0 Å². The number of carbonyl (C=O) groups excluding carboxylic acids is 1. The minimum Gasteiger partial charge on any atom is -0.321 e. The number of hydrogen-bond acceptors (Lipinski definition) is 4. The van der Waals surface area contributed by atoms with Crippen LogP contribution in [0.1, 0.15) is 33.4 Å². The fourth-order valence-electron chi connectivity index (χ4n) is 2.59. The Bertz CT molecular complexity index is 872. The van der Waals surface area contributed by atoms with E-state index in [1.165, 1.54) is 11.3 Å². The fraction of sp³-hybridized carbons (Fsp3) is 0.211. The minimum atomic E-state index is -0.107. The van der Waals surface area contributed by atoms with Gasteiger partial charge in [-0.25, -0.2) is 4.98 Å². The standard InChI is InChI=1S/C19H19N3OS/c1-4-14-8-5-7-12(2)16(14)22-18(23)17-13(3)21-19(24-17)15-9-6-10-20-11-15/h5-11H,4H2,1-3H3,(H,22,23). The van der Waals surface area contributed by atoms with Gasteiger partial charge in [-0.05, 0) is 43.5 Å². The van der Waals surface area contributed by atoms with E-state index < -0.39 is 0 Å². The molecule has 0 fully saturated rings. The molecule has 4 nitrogen and oxygen atoms in total. The summed E-state index contributed by atoms with van der Waals surface area (Å²) in [7, 11) is 0. The first-order valence-corrected chi connectivity index (χ1v) is 8.69. The zero-order chi connectivity index (χ0) is 17.1. The van der Waals surface area contributed by atoms with Gasteiger partial charge in [0.1, 0.15) is 9.88 Å². The third-order valence-corrected chi connectivity index (χ3v) is 5.10. The molecule has 0 spiro atoms. The Balaban J connectivity index is 1.91. The van der Waals surface area contributed by atoms with Gasteiger partial charge in [-0.3, -0.25) is 9.78 Å². The maximum absolute atomic E-state index is 12.7. The van der Waals surface area contributed by atoms with Crippen LogP contribution in [-0.4, -0.2) is 15.9 Å². The number of aryl methyl sites for hydroxylation is 3. The summed E-state index contributed by atoms with van der Waals surface area (Å²) in [6.07, 6.45) is 4.36. The number of carbonyl (C=O) groups is 1. The fourth-order valence-corrected chi connectivity index (χ4v) is 3.54. The Labute approximate surface area is 145 Å². The quantitative estimate of drug-likeness (QED) is 0.755. The molecular formula is C19H19N3OS. The van der Waals surface area contributed by atoms with Crippen molar-refractivity contribution in [3.8, 4) is 10.6 Å². The lowest BCUT2D eigenvalue weighted by Gasteiger charge is -2.12. The molecule has 0 saturated carbocycles. The molecule has 0 unspecified atom stereocenters. The van der Waals surface area contributed by atoms with Crippen molar-refractivity contribution in [2.45, 2.75) is 27.2 Å². The van der Waals surface area contributed by atoms with Gasteiger partial charge >= 0.3 is 0 Å². The highest BCUT2D eigenvalue weighted by atomic mass is 32.1. The summed E-state index contributed by atoms with van der Waals surface area (Å²) in [6, 6.07) is 9.89. The number of anilines is 1. The van der Waals surface area contributed by atoms with Crippen LogP contribution in [-0.2, 0) is 6.42 Å². The molecule has 0 bridgehead atoms. The van der Waals surface area contributed by atoms with E-state index in [1.807, 2.05) is 44.2 Å². The Hall–Kier alpha value is -2.53. The third kappa shape index (κ3) is 3.21. The van der Waals surface area contributed by atoms with E-state index in [4.69, 9.17) is 0 Å². The van der Waals surface area contributed by atoms with Gasteiger partial charge in [0.25, 0.3) is 5.91 Å². The van der Waals surface area contributed by atoms with Crippen molar-refractivity contribution in [3.05, 3.63) is 64.4 Å². The summed E-state index contributed by atoms with van der Waals surface area (Å²) in [6.45, 7) is 5.96. The second-order valence-corrected chi connectivity index (χ2v) is 6.59. The van der Waals surface area contributed by atoms with E-state index in [9.17, 15) is 4.79 Å². The van der Waals surface area contributed by atoms with Gasteiger partial charge < -0.3 is 5.32 Å². The Morgan fingerprint density at radius 2 is 2.04 bits per heavy atom. The molecule has 2 heterocycles. The van der Waals surface area contributed by atoms with Crippen molar-refractivity contribution in [3.63, 3.8) is 0 Å². The number of para-hydroxylation sites is 1. The van der Waals surface area contributed by atoms with Crippen LogP contribution in [0.15, 0.2) is 42.7 Å². The highest BCUT2D eigenvalue weighted by Crippen LogP contribution is 2.29. The number of pyridine rings is 1. The van der Waals surface area contributed by atoms with Crippen molar-refractivity contribution < 1.29 is 4.79 Å². The lowest BCUT2D eigenvalue weighted by atomic mass is 10.1. The number of nitrogens with zero attached hydrogens (tertiary/aromatic N) is 2. The van der Waals surface area contributed by atoms with E-state index in [0.717, 1.165) is 39.5 Å². The van der Waals surface area contributed by atoms with Crippen molar-refractivity contribution in [1.82, 2.24) is 9.97 Å².